The van der Waals surface area contributed by atoms with Gasteiger partial charge in [0.1, 0.15) is 5.58 Å². The molecule has 2 heterocycles. The molecule has 1 aromatic heterocycles. The van der Waals surface area contributed by atoms with Crippen LogP contribution in [0.4, 0.5) is 0 Å². The molecule has 27 heavy (non-hydrogen) atoms. The predicted octanol–water partition coefficient (Wildman–Crippen LogP) is 5.25. The zero-order valence-electron chi connectivity index (χ0n) is 15.9. The van der Waals surface area contributed by atoms with Gasteiger partial charge in [0.15, 0.2) is 0 Å². The quantitative estimate of drug-likeness (QED) is 0.522. The van der Waals surface area contributed by atoms with Gasteiger partial charge in [0, 0.05) is 42.8 Å². The first-order valence-electron chi connectivity index (χ1n) is 9.68. The SMILES string of the molecule is COC1(CSc2ccccc2)CCN(CCc2coc3ccccc23)CC1. The number of hydrogen-bond donors (Lipinski definition) is 0. The third-order valence-corrected chi connectivity index (χ3v) is 6.98. The van der Waals surface area contributed by atoms with Crippen molar-refractivity contribution in [2.24, 2.45) is 0 Å². The second-order valence-corrected chi connectivity index (χ2v) is 8.39. The number of benzene rings is 2. The first kappa shape index (κ1) is 18.6. The minimum Gasteiger partial charge on any atom is -0.464 e. The average molecular weight is 382 g/mol. The number of hydrogen-bond acceptors (Lipinski definition) is 4. The third kappa shape index (κ3) is 4.40. The minimum atomic E-state index is -0.000650. The number of para-hydroxylation sites is 1. The van der Waals surface area contributed by atoms with E-state index in [1.807, 2.05) is 37.3 Å². The molecule has 0 radical (unpaired) electrons. The summed E-state index contributed by atoms with van der Waals surface area (Å²) in [5, 5.41) is 1.25. The van der Waals surface area contributed by atoms with Crippen LogP contribution >= 0.6 is 11.8 Å². The fourth-order valence-electron chi connectivity index (χ4n) is 3.83. The van der Waals surface area contributed by atoms with Gasteiger partial charge in [-0.15, -0.1) is 11.8 Å². The molecule has 1 saturated heterocycles. The fourth-order valence-corrected chi connectivity index (χ4v) is 5.01. The summed E-state index contributed by atoms with van der Waals surface area (Å²) >= 11 is 1.91. The number of nitrogens with zero attached hydrogens (tertiary/aromatic N) is 1. The van der Waals surface area contributed by atoms with Gasteiger partial charge in [0.05, 0.1) is 11.9 Å². The van der Waals surface area contributed by atoms with Crippen LogP contribution < -0.4 is 0 Å². The van der Waals surface area contributed by atoms with E-state index >= 15 is 0 Å². The first-order valence-corrected chi connectivity index (χ1v) is 10.7. The summed E-state index contributed by atoms with van der Waals surface area (Å²) in [6.45, 7) is 3.27. The second kappa shape index (κ2) is 8.51. The molecule has 0 aliphatic carbocycles. The molecular weight excluding hydrogens is 354 g/mol. The van der Waals surface area contributed by atoms with Gasteiger partial charge >= 0.3 is 0 Å². The molecule has 0 atom stereocenters. The van der Waals surface area contributed by atoms with Crippen molar-refractivity contribution < 1.29 is 9.15 Å². The lowest BCUT2D eigenvalue weighted by molar-refractivity contribution is -0.0385. The lowest BCUT2D eigenvalue weighted by Gasteiger charge is -2.40. The van der Waals surface area contributed by atoms with Crippen LogP contribution in [-0.2, 0) is 11.2 Å². The lowest BCUT2D eigenvalue weighted by Crippen LogP contribution is -2.47. The Morgan fingerprint density at radius 3 is 2.56 bits per heavy atom. The highest BCUT2D eigenvalue weighted by Gasteiger charge is 2.34. The van der Waals surface area contributed by atoms with E-state index in [0.717, 1.165) is 50.2 Å². The molecule has 142 valence electrons. The number of piperidine rings is 1. The highest BCUT2D eigenvalue weighted by atomic mass is 32.2. The molecule has 3 nitrogen and oxygen atoms in total. The Balaban J connectivity index is 1.29. The molecule has 1 aliphatic heterocycles. The van der Waals surface area contributed by atoms with E-state index in [1.54, 1.807) is 0 Å². The van der Waals surface area contributed by atoms with Crippen LogP contribution in [-0.4, -0.2) is 43.0 Å². The Morgan fingerprint density at radius 1 is 1.04 bits per heavy atom. The predicted molar refractivity (Wildman–Crippen MR) is 112 cm³/mol. The van der Waals surface area contributed by atoms with Crippen LogP contribution in [0, 0.1) is 0 Å². The molecule has 4 heteroatoms. The topological polar surface area (TPSA) is 25.6 Å². The van der Waals surface area contributed by atoms with E-state index in [1.165, 1.54) is 15.8 Å². The van der Waals surface area contributed by atoms with Crippen LogP contribution in [0.2, 0.25) is 0 Å². The Morgan fingerprint density at radius 2 is 1.78 bits per heavy atom. The van der Waals surface area contributed by atoms with E-state index < -0.39 is 0 Å². The summed E-state index contributed by atoms with van der Waals surface area (Å²) in [4.78, 5) is 3.88. The van der Waals surface area contributed by atoms with E-state index in [4.69, 9.17) is 9.15 Å². The van der Waals surface area contributed by atoms with Gasteiger partial charge in [-0.2, -0.15) is 0 Å². The smallest absolute Gasteiger partial charge is 0.134 e. The maximum absolute atomic E-state index is 5.99. The van der Waals surface area contributed by atoms with Gasteiger partial charge in [-0.1, -0.05) is 36.4 Å². The van der Waals surface area contributed by atoms with Gasteiger partial charge < -0.3 is 14.1 Å². The zero-order valence-corrected chi connectivity index (χ0v) is 16.7. The maximum Gasteiger partial charge on any atom is 0.134 e. The molecule has 2 aromatic carbocycles. The maximum atomic E-state index is 5.99. The van der Waals surface area contributed by atoms with Crippen LogP contribution in [0.1, 0.15) is 18.4 Å². The Labute approximate surface area is 165 Å². The van der Waals surface area contributed by atoms with Gasteiger partial charge in [-0.3, -0.25) is 0 Å². The van der Waals surface area contributed by atoms with Gasteiger partial charge in [-0.05, 0) is 43.0 Å². The Hall–Kier alpha value is -1.75. The number of methoxy groups -OCH3 is 1. The lowest BCUT2D eigenvalue weighted by atomic mass is 9.93. The summed E-state index contributed by atoms with van der Waals surface area (Å²) in [5.74, 6) is 1.02. The van der Waals surface area contributed by atoms with Crippen LogP contribution in [0.5, 0.6) is 0 Å². The normalized spacial score (nSPS) is 17.4. The van der Waals surface area contributed by atoms with Crippen molar-refractivity contribution in [3.63, 3.8) is 0 Å². The van der Waals surface area contributed by atoms with Crippen LogP contribution in [0.15, 0.2) is 70.2 Å². The number of rotatable bonds is 7. The largest absolute Gasteiger partial charge is 0.464 e. The zero-order chi connectivity index (χ0) is 18.5. The summed E-state index contributed by atoms with van der Waals surface area (Å²) in [6, 6.07) is 18.9. The standard InChI is InChI=1S/C23H27NO2S/c1-25-23(18-27-20-7-3-2-4-8-20)12-15-24(16-13-23)14-11-19-17-26-22-10-6-5-9-21(19)22/h2-10,17H,11-16,18H2,1H3. The summed E-state index contributed by atoms with van der Waals surface area (Å²) in [7, 11) is 1.87. The monoisotopic (exact) mass is 381 g/mol. The molecule has 0 spiro atoms. The molecule has 1 aliphatic rings. The number of thioether (sulfide) groups is 1. The van der Waals surface area contributed by atoms with Gasteiger partial charge in [0.25, 0.3) is 0 Å². The first-order chi connectivity index (χ1) is 13.3. The Kier molecular flexibility index (Phi) is 5.86. The van der Waals surface area contributed by atoms with Gasteiger partial charge in [-0.25, -0.2) is 0 Å². The van der Waals surface area contributed by atoms with Crippen molar-refractivity contribution in [2.75, 3.05) is 32.5 Å². The molecule has 1 fully saturated rings. The van der Waals surface area contributed by atoms with E-state index in [2.05, 4.69) is 47.4 Å². The molecule has 3 aromatic rings. The average Bonchev–Trinajstić information content (AvgIpc) is 3.15. The van der Waals surface area contributed by atoms with E-state index in [-0.39, 0.29) is 5.60 Å². The van der Waals surface area contributed by atoms with Crippen molar-refractivity contribution in [3.8, 4) is 0 Å². The van der Waals surface area contributed by atoms with Crippen molar-refractivity contribution in [3.05, 3.63) is 66.4 Å². The minimum absolute atomic E-state index is 0.000650. The van der Waals surface area contributed by atoms with Crippen molar-refractivity contribution in [2.45, 2.75) is 29.8 Å². The molecule has 0 saturated carbocycles. The fraction of sp³-hybridized carbons (Fsp3) is 0.391. The van der Waals surface area contributed by atoms with Crippen LogP contribution in [0.25, 0.3) is 11.0 Å². The summed E-state index contributed by atoms with van der Waals surface area (Å²) in [5.41, 5.74) is 2.30. The number of furan rings is 1. The highest BCUT2D eigenvalue weighted by Crippen LogP contribution is 2.33. The molecule has 0 amide bonds. The molecular formula is C23H27NO2S. The van der Waals surface area contributed by atoms with Crippen molar-refractivity contribution in [1.82, 2.24) is 4.90 Å². The highest BCUT2D eigenvalue weighted by molar-refractivity contribution is 7.99. The van der Waals surface area contributed by atoms with E-state index in [0.29, 0.717) is 0 Å². The van der Waals surface area contributed by atoms with Crippen molar-refractivity contribution in [1.29, 1.82) is 0 Å². The molecule has 0 unspecified atom stereocenters. The molecule has 0 bridgehead atoms. The molecule has 0 N–H and O–H groups in total. The number of likely N-dealkylation sites (tertiary alicyclic amines) is 1. The number of ether oxygens (including phenoxy) is 1. The van der Waals surface area contributed by atoms with E-state index in [9.17, 15) is 0 Å². The molecule has 4 rings (SSSR count). The van der Waals surface area contributed by atoms with Crippen LogP contribution in [0.3, 0.4) is 0 Å². The third-order valence-electron chi connectivity index (χ3n) is 5.70. The second-order valence-electron chi connectivity index (χ2n) is 7.34. The Bertz CT molecular complexity index is 853. The summed E-state index contributed by atoms with van der Waals surface area (Å²) in [6.07, 6.45) is 5.14. The van der Waals surface area contributed by atoms with Crippen molar-refractivity contribution >= 4 is 22.7 Å². The number of fused-ring (bicyclic) bond motifs is 1. The summed E-state index contributed by atoms with van der Waals surface area (Å²) < 4.78 is 11.7. The van der Waals surface area contributed by atoms with Gasteiger partial charge in [0.2, 0.25) is 0 Å².